The summed E-state index contributed by atoms with van der Waals surface area (Å²) >= 11 is 0. The van der Waals surface area contributed by atoms with E-state index < -0.39 is 10.0 Å². The number of carbonyl (C=O) groups excluding carboxylic acids is 1. The van der Waals surface area contributed by atoms with E-state index in [0.29, 0.717) is 48.9 Å². The number of nitrogens with one attached hydrogen (secondary N) is 1. The summed E-state index contributed by atoms with van der Waals surface area (Å²) in [6.45, 7) is 3.23. The van der Waals surface area contributed by atoms with E-state index in [1.807, 2.05) is 31.2 Å². The molecule has 2 aromatic rings. The van der Waals surface area contributed by atoms with Crippen LogP contribution < -0.4 is 19.5 Å². The van der Waals surface area contributed by atoms with Crippen LogP contribution in [0.15, 0.2) is 47.4 Å². The van der Waals surface area contributed by atoms with E-state index in [2.05, 4.69) is 5.32 Å². The fraction of sp³-hybridized carbons (Fsp3) is 0.458. The van der Waals surface area contributed by atoms with Gasteiger partial charge in [0.2, 0.25) is 15.9 Å². The summed E-state index contributed by atoms with van der Waals surface area (Å²) in [5, 5.41) is 2.91. The van der Waals surface area contributed by atoms with Crippen molar-refractivity contribution in [3.05, 3.63) is 48.0 Å². The molecule has 8 nitrogen and oxygen atoms in total. The van der Waals surface area contributed by atoms with Gasteiger partial charge < -0.3 is 19.5 Å². The number of rotatable bonds is 11. The van der Waals surface area contributed by atoms with Gasteiger partial charge in [-0.05, 0) is 62.1 Å². The second kappa shape index (κ2) is 11.4. The highest BCUT2D eigenvalue weighted by atomic mass is 32.2. The van der Waals surface area contributed by atoms with Crippen molar-refractivity contribution in [3.63, 3.8) is 0 Å². The Bertz CT molecular complexity index is 1050. The third-order valence-electron chi connectivity index (χ3n) is 5.54. The SMILES string of the molecule is COc1ccc(S(=O)(=O)N2CCCC2)cc1CCC(=O)N[C@@H](C)COc1ccccc1OC. The summed E-state index contributed by atoms with van der Waals surface area (Å²) in [4.78, 5) is 12.7. The smallest absolute Gasteiger partial charge is 0.243 e. The van der Waals surface area contributed by atoms with Crippen molar-refractivity contribution in [2.75, 3.05) is 33.9 Å². The zero-order valence-corrected chi connectivity index (χ0v) is 20.2. The molecule has 9 heteroatoms. The Morgan fingerprint density at radius 1 is 1.03 bits per heavy atom. The highest BCUT2D eigenvalue weighted by molar-refractivity contribution is 7.89. The number of aryl methyl sites for hydroxylation is 1. The van der Waals surface area contributed by atoms with Gasteiger partial charge in [-0.15, -0.1) is 0 Å². The van der Waals surface area contributed by atoms with Crippen LogP contribution in [0.25, 0.3) is 0 Å². The van der Waals surface area contributed by atoms with Crippen molar-refractivity contribution in [2.24, 2.45) is 0 Å². The summed E-state index contributed by atoms with van der Waals surface area (Å²) in [5.74, 6) is 1.66. The maximum Gasteiger partial charge on any atom is 0.243 e. The van der Waals surface area contributed by atoms with E-state index in [1.54, 1.807) is 25.3 Å². The molecule has 1 aliphatic heterocycles. The predicted octanol–water partition coefficient (Wildman–Crippen LogP) is 3.00. The Kier molecular flexibility index (Phi) is 8.57. The molecule has 180 valence electrons. The van der Waals surface area contributed by atoms with Gasteiger partial charge in [-0.25, -0.2) is 8.42 Å². The van der Waals surface area contributed by atoms with Gasteiger partial charge in [0.05, 0.1) is 25.2 Å². The molecule has 1 saturated heterocycles. The predicted molar refractivity (Wildman–Crippen MR) is 125 cm³/mol. The molecule has 3 rings (SSSR count). The molecule has 1 fully saturated rings. The summed E-state index contributed by atoms with van der Waals surface area (Å²) in [6.07, 6.45) is 2.31. The molecular weight excluding hydrogens is 444 g/mol. The van der Waals surface area contributed by atoms with E-state index in [9.17, 15) is 13.2 Å². The first-order chi connectivity index (χ1) is 15.8. The molecule has 2 aromatic carbocycles. The molecule has 0 spiro atoms. The zero-order chi connectivity index (χ0) is 23.8. The van der Waals surface area contributed by atoms with E-state index in [1.165, 1.54) is 11.4 Å². The Morgan fingerprint density at radius 3 is 2.36 bits per heavy atom. The first-order valence-electron chi connectivity index (χ1n) is 11.1. The maximum absolute atomic E-state index is 12.9. The van der Waals surface area contributed by atoms with E-state index in [-0.39, 0.29) is 23.3 Å². The first kappa shape index (κ1) is 24.9. The lowest BCUT2D eigenvalue weighted by Crippen LogP contribution is -2.36. The van der Waals surface area contributed by atoms with Gasteiger partial charge in [-0.3, -0.25) is 4.79 Å². The van der Waals surface area contributed by atoms with Gasteiger partial charge in [0.25, 0.3) is 0 Å². The summed E-state index contributed by atoms with van der Waals surface area (Å²) in [7, 11) is -0.424. The monoisotopic (exact) mass is 476 g/mol. The largest absolute Gasteiger partial charge is 0.496 e. The van der Waals surface area contributed by atoms with Crippen molar-refractivity contribution < 1.29 is 27.4 Å². The molecule has 0 aromatic heterocycles. The maximum atomic E-state index is 12.9. The number of hydrogen-bond donors (Lipinski definition) is 1. The standard InChI is InChI=1S/C24H32N2O6S/c1-18(17-32-23-9-5-4-8-22(23)31-3)25-24(27)13-10-19-16-20(11-12-21(19)30-2)33(28,29)26-14-6-7-15-26/h4-5,8-9,11-12,16,18H,6-7,10,13-15,17H2,1-3H3,(H,25,27)/t18-/m0/s1. The van der Waals surface area contributed by atoms with Crippen LogP contribution in [0.3, 0.4) is 0 Å². The Hall–Kier alpha value is -2.78. The van der Waals surface area contributed by atoms with Gasteiger partial charge in [0, 0.05) is 19.5 Å². The molecular formula is C24H32N2O6S. The normalized spacial score (nSPS) is 15.1. The number of hydrogen-bond acceptors (Lipinski definition) is 6. The van der Waals surface area contributed by atoms with Gasteiger partial charge in [0.15, 0.2) is 11.5 Å². The average molecular weight is 477 g/mol. The highest BCUT2D eigenvalue weighted by Crippen LogP contribution is 2.28. The molecule has 0 saturated carbocycles. The number of methoxy groups -OCH3 is 2. The van der Waals surface area contributed by atoms with Gasteiger partial charge >= 0.3 is 0 Å². The van der Waals surface area contributed by atoms with Crippen LogP contribution in [0, 0.1) is 0 Å². The summed E-state index contributed by atoms with van der Waals surface area (Å²) in [6, 6.07) is 11.9. The molecule has 1 N–H and O–H groups in total. The van der Waals surface area contributed by atoms with E-state index in [0.717, 1.165) is 12.8 Å². The number of ether oxygens (including phenoxy) is 3. The molecule has 0 aliphatic carbocycles. The highest BCUT2D eigenvalue weighted by Gasteiger charge is 2.27. The summed E-state index contributed by atoms with van der Waals surface area (Å²) < 4.78 is 43.7. The summed E-state index contributed by atoms with van der Waals surface area (Å²) in [5.41, 5.74) is 0.686. The van der Waals surface area contributed by atoms with Crippen LogP contribution in [0.1, 0.15) is 31.7 Å². The lowest BCUT2D eigenvalue weighted by Gasteiger charge is -2.18. The number of nitrogens with zero attached hydrogens (tertiary/aromatic N) is 1. The molecule has 33 heavy (non-hydrogen) atoms. The number of benzene rings is 2. The van der Waals surface area contributed by atoms with Crippen LogP contribution in [0.2, 0.25) is 0 Å². The fourth-order valence-electron chi connectivity index (χ4n) is 3.78. The van der Waals surface area contributed by atoms with E-state index in [4.69, 9.17) is 14.2 Å². The van der Waals surface area contributed by atoms with Crippen molar-refractivity contribution >= 4 is 15.9 Å². The lowest BCUT2D eigenvalue weighted by molar-refractivity contribution is -0.121. The molecule has 1 aliphatic rings. The van der Waals surface area contributed by atoms with Crippen molar-refractivity contribution in [3.8, 4) is 17.2 Å². The Balaban J connectivity index is 1.57. The molecule has 0 bridgehead atoms. The molecule has 1 heterocycles. The van der Waals surface area contributed by atoms with Gasteiger partial charge in [-0.1, -0.05) is 12.1 Å². The van der Waals surface area contributed by atoms with Crippen LogP contribution in [0.5, 0.6) is 17.2 Å². The van der Waals surface area contributed by atoms with Crippen molar-refractivity contribution in [1.82, 2.24) is 9.62 Å². The Morgan fingerprint density at radius 2 is 1.70 bits per heavy atom. The molecule has 1 amide bonds. The van der Waals surface area contributed by atoms with Crippen LogP contribution in [-0.4, -0.2) is 58.6 Å². The lowest BCUT2D eigenvalue weighted by atomic mass is 10.1. The van der Waals surface area contributed by atoms with Crippen molar-refractivity contribution in [1.29, 1.82) is 0 Å². The third-order valence-corrected chi connectivity index (χ3v) is 7.44. The van der Waals surface area contributed by atoms with E-state index >= 15 is 0 Å². The second-order valence-corrected chi connectivity index (χ2v) is 9.95. The fourth-order valence-corrected chi connectivity index (χ4v) is 5.35. The second-order valence-electron chi connectivity index (χ2n) is 8.02. The first-order valence-corrected chi connectivity index (χ1v) is 12.5. The molecule has 0 unspecified atom stereocenters. The van der Waals surface area contributed by atoms with Gasteiger partial charge in [0.1, 0.15) is 12.4 Å². The van der Waals surface area contributed by atoms with Gasteiger partial charge in [-0.2, -0.15) is 4.31 Å². The molecule has 0 radical (unpaired) electrons. The average Bonchev–Trinajstić information content (AvgIpc) is 3.37. The number of para-hydroxylation sites is 2. The van der Waals surface area contributed by atoms with Crippen LogP contribution in [0.4, 0.5) is 0 Å². The Labute approximate surface area is 195 Å². The molecule has 1 atom stereocenters. The topological polar surface area (TPSA) is 94.2 Å². The number of carbonyl (C=O) groups is 1. The third kappa shape index (κ3) is 6.39. The quantitative estimate of drug-likeness (QED) is 0.536. The van der Waals surface area contributed by atoms with Crippen LogP contribution >= 0.6 is 0 Å². The van der Waals surface area contributed by atoms with Crippen LogP contribution in [-0.2, 0) is 21.2 Å². The zero-order valence-electron chi connectivity index (χ0n) is 19.4. The number of sulfonamides is 1. The minimum Gasteiger partial charge on any atom is -0.496 e. The van der Waals surface area contributed by atoms with Crippen molar-refractivity contribution in [2.45, 2.75) is 43.5 Å². The minimum absolute atomic E-state index is 0.152. The minimum atomic E-state index is -3.53. The number of amides is 1.